The third kappa shape index (κ3) is 1.76. The predicted molar refractivity (Wildman–Crippen MR) is 64.7 cm³/mol. The van der Waals surface area contributed by atoms with Crippen LogP contribution < -0.4 is 0 Å². The van der Waals surface area contributed by atoms with Crippen molar-refractivity contribution in [2.75, 3.05) is 0 Å². The van der Waals surface area contributed by atoms with Crippen LogP contribution in [0.3, 0.4) is 0 Å². The molecule has 0 spiro atoms. The Kier molecular flexibility index (Phi) is 3.07. The van der Waals surface area contributed by atoms with E-state index in [2.05, 4.69) is 5.92 Å². The zero-order chi connectivity index (χ0) is 11.6. The summed E-state index contributed by atoms with van der Waals surface area (Å²) in [5, 5.41) is 10.7. The van der Waals surface area contributed by atoms with E-state index >= 15 is 0 Å². The fourth-order valence-corrected chi connectivity index (χ4v) is 2.78. The molecule has 1 saturated carbocycles. The first kappa shape index (κ1) is 11.3. The summed E-state index contributed by atoms with van der Waals surface area (Å²) in [5.74, 6) is 2.83. The molecule has 1 aliphatic carbocycles. The van der Waals surface area contributed by atoms with E-state index < -0.39 is 5.60 Å². The minimum Gasteiger partial charge on any atom is -0.372 e. The quantitative estimate of drug-likeness (QED) is 0.756. The Morgan fingerprint density at radius 1 is 1.44 bits per heavy atom. The molecule has 1 fully saturated rings. The van der Waals surface area contributed by atoms with Crippen LogP contribution in [-0.2, 0) is 12.6 Å². The first-order valence-electron chi connectivity index (χ1n) is 6.00. The maximum Gasteiger partial charge on any atom is 0.168 e. The van der Waals surface area contributed by atoms with Gasteiger partial charge in [-0.25, -0.2) is 0 Å². The van der Waals surface area contributed by atoms with Gasteiger partial charge in [-0.1, -0.05) is 25.2 Å². The summed E-state index contributed by atoms with van der Waals surface area (Å²) in [5.41, 5.74) is -0.236. The van der Waals surface area contributed by atoms with Crippen LogP contribution in [0.15, 0.2) is 18.3 Å². The van der Waals surface area contributed by atoms with E-state index in [0.717, 1.165) is 18.5 Å². The zero-order valence-corrected chi connectivity index (χ0v) is 9.82. The van der Waals surface area contributed by atoms with Gasteiger partial charge in [-0.05, 0) is 25.0 Å². The van der Waals surface area contributed by atoms with Crippen LogP contribution >= 0.6 is 0 Å². The smallest absolute Gasteiger partial charge is 0.168 e. The Hall–Kier alpha value is -1.20. The fourth-order valence-electron chi connectivity index (χ4n) is 2.78. The van der Waals surface area contributed by atoms with Crippen molar-refractivity contribution in [1.29, 1.82) is 0 Å². The molecule has 0 aliphatic heterocycles. The van der Waals surface area contributed by atoms with E-state index in [1.54, 1.807) is 0 Å². The van der Waals surface area contributed by atoms with Crippen LogP contribution in [-0.4, -0.2) is 9.67 Å². The number of nitrogens with zero attached hydrogens (tertiary/aromatic N) is 1. The molecule has 1 atom stereocenters. The van der Waals surface area contributed by atoms with Crippen LogP contribution in [0.5, 0.6) is 0 Å². The van der Waals surface area contributed by atoms with Gasteiger partial charge in [-0.15, -0.1) is 6.42 Å². The molecular formula is C14H19NO. The summed E-state index contributed by atoms with van der Waals surface area (Å²) in [4.78, 5) is 0. The molecule has 1 aromatic rings. The highest BCUT2D eigenvalue weighted by molar-refractivity contribution is 5.27. The lowest BCUT2D eigenvalue weighted by Crippen LogP contribution is -2.36. The maximum atomic E-state index is 10.7. The Labute approximate surface area is 97.3 Å². The SMILES string of the molecule is C#CC(O)(c1cccn1C)C1CCCCC1. The van der Waals surface area contributed by atoms with E-state index in [0.29, 0.717) is 0 Å². The number of hydrogen-bond donors (Lipinski definition) is 1. The molecule has 1 heterocycles. The van der Waals surface area contributed by atoms with Crippen molar-refractivity contribution < 1.29 is 5.11 Å². The molecule has 2 heteroatoms. The van der Waals surface area contributed by atoms with Gasteiger partial charge in [0, 0.05) is 19.2 Å². The molecule has 86 valence electrons. The maximum absolute atomic E-state index is 10.7. The molecule has 16 heavy (non-hydrogen) atoms. The molecule has 1 aliphatic rings. The highest BCUT2D eigenvalue weighted by Crippen LogP contribution is 2.38. The molecule has 2 nitrogen and oxygen atoms in total. The largest absolute Gasteiger partial charge is 0.372 e. The molecule has 2 rings (SSSR count). The average Bonchev–Trinajstić information content (AvgIpc) is 2.76. The van der Waals surface area contributed by atoms with Crippen molar-refractivity contribution in [3.63, 3.8) is 0 Å². The lowest BCUT2D eigenvalue weighted by atomic mass is 9.75. The molecule has 0 saturated heterocycles. The van der Waals surface area contributed by atoms with Crippen LogP contribution in [0.4, 0.5) is 0 Å². The second kappa shape index (κ2) is 4.35. The van der Waals surface area contributed by atoms with Crippen molar-refractivity contribution in [3.8, 4) is 12.3 Å². The summed E-state index contributed by atoms with van der Waals surface area (Å²) in [6, 6.07) is 3.86. The minimum atomic E-state index is -1.08. The first-order valence-corrected chi connectivity index (χ1v) is 6.00. The van der Waals surface area contributed by atoms with E-state index in [1.165, 1.54) is 19.3 Å². The van der Waals surface area contributed by atoms with Gasteiger partial charge in [0.05, 0.1) is 5.69 Å². The minimum absolute atomic E-state index is 0.208. The molecule has 0 amide bonds. The standard InChI is InChI=1S/C14H19NO/c1-3-14(16,12-8-5-4-6-9-12)13-10-7-11-15(13)2/h1,7,10-12,16H,4-6,8-9H2,2H3. The molecule has 0 radical (unpaired) electrons. The van der Waals surface area contributed by atoms with Gasteiger partial charge in [0.1, 0.15) is 0 Å². The van der Waals surface area contributed by atoms with Crippen molar-refractivity contribution in [1.82, 2.24) is 4.57 Å². The van der Waals surface area contributed by atoms with E-state index in [4.69, 9.17) is 6.42 Å². The number of aromatic nitrogens is 1. The van der Waals surface area contributed by atoms with Crippen molar-refractivity contribution in [2.45, 2.75) is 37.7 Å². The molecule has 1 N–H and O–H groups in total. The van der Waals surface area contributed by atoms with Crippen LogP contribution in [0, 0.1) is 18.3 Å². The Balaban J connectivity index is 2.32. The number of rotatable bonds is 2. The lowest BCUT2D eigenvalue weighted by Gasteiger charge is -2.34. The average molecular weight is 217 g/mol. The highest BCUT2D eigenvalue weighted by atomic mass is 16.3. The van der Waals surface area contributed by atoms with Crippen molar-refractivity contribution in [3.05, 3.63) is 24.0 Å². The van der Waals surface area contributed by atoms with Crippen LogP contribution in [0.1, 0.15) is 37.8 Å². The van der Waals surface area contributed by atoms with Gasteiger partial charge in [-0.2, -0.15) is 0 Å². The Morgan fingerprint density at radius 2 is 2.12 bits per heavy atom. The molecule has 0 aromatic carbocycles. The Bertz CT molecular complexity index is 395. The van der Waals surface area contributed by atoms with Crippen LogP contribution in [0.2, 0.25) is 0 Å². The van der Waals surface area contributed by atoms with Crippen molar-refractivity contribution in [2.24, 2.45) is 13.0 Å². The molecule has 1 unspecified atom stereocenters. The lowest BCUT2D eigenvalue weighted by molar-refractivity contribution is 0.0101. The van der Waals surface area contributed by atoms with Crippen molar-refractivity contribution >= 4 is 0 Å². The summed E-state index contributed by atoms with van der Waals surface area (Å²) < 4.78 is 1.93. The summed E-state index contributed by atoms with van der Waals surface area (Å²) in [6.07, 6.45) is 13.2. The van der Waals surface area contributed by atoms with Gasteiger partial charge in [0.15, 0.2) is 5.60 Å². The summed E-state index contributed by atoms with van der Waals surface area (Å²) in [6.45, 7) is 0. The van der Waals surface area contributed by atoms with Gasteiger partial charge in [0.25, 0.3) is 0 Å². The van der Waals surface area contributed by atoms with Gasteiger partial charge >= 0.3 is 0 Å². The second-order valence-corrected chi connectivity index (χ2v) is 4.75. The van der Waals surface area contributed by atoms with E-state index in [-0.39, 0.29) is 5.92 Å². The first-order chi connectivity index (χ1) is 7.68. The monoisotopic (exact) mass is 217 g/mol. The third-order valence-electron chi connectivity index (χ3n) is 3.75. The summed E-state index contributed by atoms with van der Waals surface area (Å²) in [7, 11) is 1.93. The van der Waals surface area contributed by atoms with Gasteiger partial charge < -0.3 is 9.67 Å². The number of hydrogen-bond acceptors (Lipinski definition) is 1. The fraction of sp³-hybridized carbons (Fsp3) is 0.571. The Morgan fingerprint density at radius 3 is 2.62 bits per heavy atom. The predicted octanol–water partition coefficient (Wildman–Crippen LogP) is 2.43. The highest BCUT2D eigenvalue weighted by Gasteiger charge is 2.38. The number of aryl methyl sites for hydroxylation is 1. The van der Waals surface area contributed by atoms with Crippen LogP contribution in [0.25, 0.3) is 0 Å². The normalized spacial score (nSPS) is 21.3. The zero-order valence-electron chi connectivity index (χ0n) is 9.82. The number of terminal acetylenes is 1. The second-order valence-electron chi connectivity index (χ2n) is 4.75. The van der Waals surface area contributed by atoms with E-state index in [1.807, 2.05) is 29.9 Å². The van der Waals surface area contributed by atoms with Gasteiger partial charge in [0.2, 0.25) is 0 Å². The molecule has 1 aromatic heterocycles. The number of aliphatic hydroxyl groups is 1. The topological polar surface area (TPSA) is 25.2 Å². The van der Waals surface area contributed by atoms with E-state index in [9.17, 15) is 5.11 Å². The molecule has 0 bridgehead atoms. The summed E-state index contributed by atoms with van der Waals surface area (Å²) >= 11 is 0. The van der Waals surface area contributed by atoms with Gasteiger partial charge in [-0.3, -0.25) is 0 Å². The third-order valence-corrected chi connectivity index (χ3v) is 3.75. The molecular weight excluding hydrogens is 198 g/mol.